The summed E-state index contributed by atoms with van der Waals surface area (Å²) in [6, 6.07) is 11.8. The second-order valence-electron chi connectivity index (χ2n) is 7.68. The maximum atomic E-state index is 12.9. The van der Waals surface area contributed by atoms with E-state index in [0.29, 0.717) is 53.5 Å². The maximum absolute atomic E-state index is 12.9. The third kappa shape index (κ3) is 5.35. The minimum absolute atomic E-state index is 0.109. The molecule has 0 unspecified atom stereocenters. The number of nitrogens with one attached hydrogen (secondary N) is 1. The average Bonchev–Trinajstić information content (AvgIpc) is 2.78. The highest BCUT2D eigenvalue weighted by Gasteiger charge is 2.29. The molecule has 0 aromatic heterocycles. The highest BCUT2D eigenvalue weighted by molar-refractivity contribution is 6.31. The predicted molar refractivity (Wildman–Crippen MR) is 120 cm³/mol. The fraction of sp³-hybridized carbons (Fsp3) is 0.348. The summed E-state index contributed by atoms with van der Waals surface area (Å²) in [6.45, 7) is 0.928. The molecule has 1 aliphatic heterocycles. The third-order valence-corrected chi connectivity index (χ3v) is 5.56. The Labute approximate surface area is 186 Å². The van der Waals surface area contributed by atoms with E-state index in [1.807, 2.05) is 0 Å². The summed E-state index contributed by atoms with van der Waals surface area (Å²) in [5, 5.41) is 3.36. The normalized spacial score (nSPS) is 14.1. The van der Waals surface area contributed by atoms with Crippen LogP contribution in [0.4, 0.5) is 5.69 Å². The molecule has 3 rings (SSSR count). The van der Waals surface area contributed by atoms with E-state index in [4.69, 9.17) is 16.3 Å². The van der Waals surface area contributed by atoms with Gasteiger partial charge in [0.2, 0.25) is 5.91 Å². The number of piperidine rings is 1. The largest absolute Gasteiger partial charge is 0.496 e. The molecule has 1 N–H and O–H groups in total. The van der Waals surface area contributed by atoms with Crippen molar-refractivity contribution in [2.75, 3.05) is 39.6 Å². The molecule has 0 spiro atoms. The number of hydrogen-bond donors (Lipinski definition) is 1. The van der Waals surface area contributed by atoms with E-state index in [-0.39, 0.29) is 23.6 Å². The van der Waals surface area contributed by atoms with Crippen LogP contribution in [0.15, 0.2) is 42.5 Å². The molecule has 1 saturated heterocycles. The predicted octanol–water partition coefficient (Wildman–Crippen LogP) is 3.54. The van der Waals surface area contributed by atoms with E-state index >= 15 is 0 Å². The minimum atomic E-state index is -0.210. The number of benzene rings is 2. The van der Waals surface area contributed by atoms with E-state index in [9.17, 15) is 14.4 Å². The zero-order valence-corrected chi connectivity index (χ0v) is 18.6. The van der Waals surface area contributed by atoms with Crippen LogP contribution in [-0.2, 0) is 4.79 Å². The van der Waals surface area contributed by atoms with Crippen molar-refractivity contribution in [3.63, 3.8) is 0 Å². The first-order chi connectivity index (χ1) is 14.8. The van der Waals surface area contributed by atoms with E-state index in [0.717, 1.165) is 0 Å². The van der Waals surface area contributed by atoms with Gasteiger partial charge in [-0.1, -0.05) is 17.7 Å². The van der Waals surface area contributed by atoms with E-state index in [1.165, 1.54) is 12.0 Å². The van der Waals surface area contributed by atoms with Crippen LogP contribution in [0.3, 0.4) is 0 Å². The summed E-state index contributed by atoms with van der Waals surface area (Å²) in [4.78, 5) is 41.0. The van der Waals surface area contributed by atoms with Gasteiger partial charge in [0.25, 0.3) is 11.8 Å². The number of rotatable bonds is 5. The van der Waals surface area contributed by atoms with Gasteiger partial charge in [-0.3, -0.25) is 14.4 Å². The van der Waals surface area contributed by atoms with Crippen molar-refractivity contribution >= 4 is 35.0 Å². The minimum Gasteiger partial charge on any atom is -0.496 e. The van der Waals surface area contributed by atoms with Gasteiger partial charge in [-0.15, -0.1) is 0 Å². The fourth-order valence-electron chi connectivity index (χ4n) is 3.59. The lowest BCUT2D eigenvalue weighted by atomic mass is 9.95. The van der Waals surface area contributed by atoms with Crippen LogP contribution in [0, 0.1) is 5.92 Å². The molecule has 1 fully saturated rings. The summed E-state index contributed by atoms with van der Waals surface area (Å²) in [7, 11) is 4.88. The number of carbonyl (C=O) groups is 3. The van der Waals surface area contributed by atoms with Gasteiger partial charge < -0.3 is 19.9 Å². The first kappa shape index (κ1) is 22.6. The topological polar surface area (TPSA) is 79.0 Å². The Morgan fingerprint density at radius 1 is 1.10 bits per heavy atom. The molecule has 164 valence electrons. The molecule has 0 aliphatic carbocycles. The molecule has 7 nitrogen and oxygen atoms in total. The van der Waals surface area contributed by atoms with Crippen LogP contribution in [0.25, 0.3) is 0 Å². The van der Waals surface area contributed by atoms with Crippen LogP contribution >= 0.6 is 11.6 Å². The van der Waals surface area contributed by atoms with Crippen LogP contribution in [0.5, 0.6) is 5.75 Å². The second kappa shape index (κ2) is 9.83. The molecule has 8 heteroatoms. The van der Waals surface area contributed by atoms with Crippen LogP contribution in [0.2, 0.25) is 5.02 Å². The summed E-state index contributed by atoms with van der Waals surface area (Å²) in [5.74, 6) is -0.130. The Morgan fingerprint density at radius 2 is 1.81 bits per heavy atom. The standard InChI is InChI=1S/C23H26ClN3O4/c1-26(2)22(29)16-5-4-6-18(13-16)25-21(28)15-9-11-27(12-10-15)23(30)19-14-17(24)7-8-20(19)31-3/h4-8,13-15H,9-12H2,1-3H3,(H,25,28). The number of likely N-dealkylation sites (tertiary alicyclic amines) is 1. The monoisotopic (exact) mass is 443 g/mol. The van der Waals surface area contributed by atoms with Crippen LogP contribution in [-0.4, -0.2) is 61.8 Å². The highest BCUT2D eigenvalue weighted by atomic mass is 35.5. The Balaban J connectivity index is 1.60. The molecule has 1 aliphatic rings. The lowest BCUT2D eigenvalue weighted by Crippen LogP contribution is -2.41. The smallest absolute Gasteiger partial charge is 0.257 e. The summed E-state index contributed by atoms with van der Waals surface area (Å²) >= 11 is 6.04. The van der Waals surface area contributed by atoms with Crippen molar-refractivity contribution in [3.05, 3.63) is 58.6 Å². The highest BCUT2D eigenvalue weighted by Crippen LogP contribution is 2.27. The molecule has 2 aromatic rings. The summed E-state index contributed by atoms with van der Waals surface area (Å²) in [6.07, 6.45) is 1.10. The van der Waals surface area contributed by atoms with Crippen LogP contribution in [0.1, 0.15) is 33.6 Å². The van der Waals surface area contributed by atoms with Gasteiger partial charge in [0, 0.05) is 49.4 Å². The van der Waals surface area contributed by atoms with E-state index in [1.54, 1.807) is 61.5 Å². The Hall–Kier alpha value is -3.06. The molecular formula is C23H26ClN3O4. The van der Waals surface area contributed by atoms with Crippen molar-refractivity contribution in [1.82, 2.24) is 9.80 Å². The van der Waals surface area contributed by atoms with E-state index in [2.05, 4.69) is 5.32 Å². The van der Waals surface area contributed by atoms with Crippen molar-refractivity contribution in [2.45, 2.75) is 12.8 Å². The van der Waals surface area contributed by atoms with Gasteiger partial charge >= 0.3 is 0 Å². The molecule has 3 amide bonds. The number of carbonyl (C=O) groups excluding carboxylic acids is 3. The van der Waals surface area contributed by atoms with Gasteiger partial charge in [0.1, 0.15) is 5.75 Å². The number of amides is 3. The van der Waals surface area contributed by atoms with Gasteiger partial charge in [0.05, 0.1) is 12.7 Å². The van der Waals surface area contributed by atoms with Crippen molar-refractivity contribution in [2.24, 2.45) is 5.92 Å². The lowest BCUT2D eigenvalue weighted by Gasteiger charge is -2.31. The first-order valence-corrected chi connectivity index (χ1v) is 10.4. The Morgan fingerprint density at radius 3 is 2.45 bits per heavy atom. The van der Waals surface area contributed by atoms with Crippen molar-refractivity contribution in [1.29, 1.82) is 0 Å². The maximum Gasteiger partial charge on any atom is 0.257 e. The number of methoxy groups -OCH3 is 1. The van der Waals surface area contributed by atoms with Gasteiger partial charge in [-0.05, 0) is 49.2 Å². The van der Waals surface area contributed by atoms with Crippen LogP contribution < -0.4 is 10.1 Å². The quantitative estimate of drug-likeness (QED) is 0.766. The molecule has 0 bridgehead atoms. The van der Waals surface area contributed by atoms with Crippen molar-refractivity contribution in [3.8, 4) is 5.75 Å². The Kier molecular flexibility index (Phi) is 7.17. The Bertz CT molecular complexity index is 985. The van der Waals surface area contributed by atoms with Gasteiger partial charge in [-0.25, -0.2) is 0 Å². The lowest BCUT2D eigenvalue weighted by molar-refractivity contribution is -0.121. The molecule has 2 aromatic carbocycles. The molecule has 31 heavy (non-hydrogen) atoms. The number of anilines is 1. The van der Waals surface area contributed by atoms with Crippen molar-refractivity contribution < 1.29 is 19.1 Å². The average molecular weight is 444 g/mol. The second-order valence-corrected chi connectivity index (χ2v) is 8.12. The van der Waals surface area contributed by atoms with Gasteiger partial charge in [0.15, 0.2) is 0 Å². The number of ether oxygens (including phenoxy) is 1. The fourth-order valence-corrected chi connectivity index (χ4v) is 3.77. The molecular weight excluding hydrogens is 418 g/mol. The summed E-state index contributed by atoms with van der Waals surface area (Å²) in [5.41, 5.74) is 1.51. The first-order valence-electron chi connectivity index (χ1n) is 10.1. The zero-order chi connectivity index (χ0) is 22.5. The number of hydrogen-bond acceptors (Lipinski definition) is 4. The third-order valence-electron chi connectivity index (χ3n) is 5.33. The van der Waals surface area contributed by atoms with E-state index < -0.39 is 0 Å². The molecule has 0 saturated carbocycles. The molecule has 1 heterocycles. The zero-order valence-electron chi connectivity index (χ0n) is 17.9. The molecule has 0 atom stereocenters. The number of nitrogens with zero attached hydrogens (tertiary/aromatic N) is 2. The number of halogens is 1. The molecule has 0 radical (unpaired) electrons. The summed E-state index contributed by atoms with van der Waals surface area (Å²) < 4.78 is 5.28. The SMILES string of the molecule is COc1ccc(Cl)cc1C(=O)N1CCC(C(=O)Nc2cccc(C(=O)N(C)C)c2)CC1. The van der Waals surface area contributed by atoms with Gasteiger partial charge in [-0.2, -0.15) is 0 Å².